The first-order valence-corrected chi connectivity index (χ1v) is 14.3. The summed E-state index contributed by atoms with van der Waals surface area (Å²) in [6, 6.07) is 16.4. The Hall–Kier alpha value is -3.39. The van der Waals surface area contributed by atoms with Gasteiger partial charge in [-0.3, -0.25) is 9.59 Å². The number of piperidine rings is 1. The van der Waals surface area contributed by atoms with Crippen LogP contribution in [0.2, 0.25) is 0 Å². The van der Waals surface area contributed by atoms with Crippen molar-refractivity contribution in [2.75, 3.05) is 38.2 Å². The van der Waals surface area contributed by atoms with Crippen LogP contribution in [0.15, 0.2) is 54.6 Å². The second kappa shape index (κ2) is 14.3. The van der Waals surface area contributed by atoms with Crippen molar-refractivity contribution in [2.24, 2.45) is 11.8 Å². The third kappa shape index (κ3) is 8.31. The third-order valence-corrected chi connectivity index (χ3v) is 8.18. The highest BCUT2D eigenvalue weighted by Crippen LogP contribution is 2.40. The monoisotopic (exact) mass is 551 g/mol. The maximum Gasteiger partial charge on any atom is 0.328 e. The normalized spacial score (nSPS) is 20.1. The number of ether oxygens (including phenoxy) is 1. The summed E-state index contributed by atoms with van der Waals surface area (Å²) in [5.41, 5.74) is 1.92. The van der Waals surface area contributed by atoms with Crippen molar-refractivity contribution >= 4 is 23.5 Å². The Morgan fingerprint density at radius 1 is 1.12 bits per heavy atom. The number of amides is 2. The fraction of sp³-hybridized carbons (Fsp3) is 0.531. The number of methoxy groups -OCH3 is 1. The SMILES string of the molecule is COC(=O)[C@H](CC(C)C)NC(=O)CCC(=O)N(CCN1CC[C@](C)(c2cccc(O)c2)[C@@H](C)C1)c1ccccc1. The number of esters is 1. The van der Waals surface area contributed by atoms with Crippen LogP contribution in [-0.2, 0) is 24.5 Å². The van der Waals surface area contributed by atoms with Crippen molar-refractivity contribution in [3.63, 3.8) is 0 Å². The molecule has 8 heteroatoms. The van der Waals surface area contributed by atoms with Gasteiger partial charge >= 0.3 is 5.97 Å². The number of para-hydroxylation sites is 1. The number of hydrogen-bond acceptors (Lipinski definition) is 6. The van der Waals surface area contributed by atoms with E-state index in [2.05, 4.69) is 30.1 Å². The lowest BCUT2D eigenvalue weighted by Crippen LogP contribution is -2.49. The smallest absolute Gasteiger partial charge is 0.328 e. The van der Waals surface area contributed by atoms with E-state index in [-0.39, 0.29) is 36.0 Å². The Morgan fingerprint density at radius 2 is 1.85 bits per heavy atom. The van der Waals surface area contributed by atoms with Gasteiger partial charge in [-0.2, -0.15) is 0 Å². The minimum atomic E-state index is -0.718. The van der Waals surface area contributed by atoms with Gasteiger partial charge in [0.1, 0.15) is 11.8 Å². The molecule has 2 aromatic rings. The first kappa shape index (κ1) is 31.1. The van der Waals surface area contributed by atoms with Crippen LogP contribution in [0.4, 0.5) is 5.69 Å². The Bertz CT molecular complexity index is 1140. The number of aromatic hydroxyl groups is 1. The summed E-state index contributed by atoms with van der Waals surface area (Å²) in [6.45, 7) is 11.5. The van der Waals surface area contributed by atoms with E-state index in [1.807, 2.05) is 56.3 Å². The molecule has 1 fully saturated rings. The number of carbonyl (C=O) groups is 3. The molecule has 1 heterocycles. The van der Waals surface area contributed by atoms with Crippen LogP contribution < -0.4 is 10.2 Å². The molecule has 0 radical (unpaired) electrons. The fourth-order valence-electron chi connectivity index (χ4n) is 5.51. The molecular weight excluding hydrogens is 506 g/mol. The Morgan fingerprint density at radius 3 is 2.48 bits per heavy atom. The Kier molecular flexibility index (Phi) is 11.1. The van der Waals surface area contributed by atoms with Crippen LogP contribution in [0.1, 0.15) is 58.9 Å². The van der Waals surface area contributed by atoms with Gasteiger partial charge in [-0.1, -0.05) is 58.0 Å². The van der Waals surface area contributed by atoms with E-state index in [0.717, 1.165) is 30.8 Å². The zero-order chi connectivity index (χ0) is 29.3. The molecule has 8 nitrogen and oxygen atoms in total. The number of benzene rings is 2. The van der Waals surface area contributed by atoms with Crippen molar-refractivity contribution in [3.05, 3.63) is 60.2 Å². The second-order valence-electron chi connectivity index (χ2n) is 11.6. The van der Waals surface area contributed by atoms with Crippen LogP contribution in [0.25, 0.3) is 0 Å². The number of nitrogens with zero attached hydrogens (tertiary/aromatic N) is 2. The van der Waals surface area contributed by atoms with Gasteiger partial charge in [0.05, 0.1) is 7.11 Å². The number of anilines is 1. The number of hydrogen-bond donors (Lipinski definition) is 2. The molecule has 1 aliphatic rings. The quantitative estimate of drug-likeness (QED) is 0.377. The van der Waals surface area contributed by atoms with Crippen LogP contribution in [0.3, 0.4) is 0 Å². The van der Waals surface area contributed by atoms with Gasteiger partial charge < -0.3 is 25.0 Å². The van der Waals surface area contributed by atoms with E-state index in [9.17, 15) is 19.5 Å². The van der Waals surface area contributed by atoms with Gasteiger partial charge in [-0.05, 0) is 66.5 Å². The number of phenolic OH excluding ortho intramolecular Hbond substituents is 1. The van der Waals surface area contributed by atoms with Crippen molar-refractivity contribution in [1.29, 1.82) is 0 Å². The van der Waals surface area contributed by atoms with Crippen molar-refractivity contribution in [3.8, 4) is 5.75 Å². The summed E-state index contributed by atoms with van der Waals surface area (Å²) in [5.74, 6) is -0.0889. The predicted octanol–water partition coefficient (Wildman–Crippen LogP) is 4.51. The zero-order valence-electron chi connectivity index (χ0n) is 24.6. The summed E-state index contributed by atoms with van der Waals surface area (Å²) in [4.78, 5) is 42.2. The lowest BCUT2D eigenvalue weighted by molar-refractivity contribution is -0.145. The largest absolute Gasteiger partial charge is 0.508 e. The highest BCUT2D eigenvalue weighted by molar-refractivity contribution is 5.95. The predicted molar refractivity (Wildman–Crippen MR) is 157 cm³/mol. The molecule has 1 aliphatic heterocycles. The molecule has 0 bridgehead atoms. The molecule has 0 unspecified atom stereocenters. The van der Waals surface area contributed by atoms with E-state index < -0.39 is 12.0 Å². The van der Waals surface area contributed by atoms with Gasteiger partial charge in [0, 0.05) is 38.2 Å². The Balaban J connectivity index is 1.60. The molecule has 3 atom stereocenters. The number of likely N-dealkylation sites (tertiary alicyclic amines) is 1. The number of nitrogens with one attached hydrogen (secondary N) is 1. The lowest BCUT2D eigenvalue weighted by Gasteiger charge is -2.45. The van der Waals surface area contributed by atoms with Crippen molar-refractivity contribution < 1.29 is 24.2 Å². The standard InChI is InChI=1S/C32H45N3O5/c1-23(2)20-28(31(39)40-5)33-29(37)14-15-30(38)35(26-11-7-6-8-12-26)19-18-34-17-16-32(4,24(3)22-34)25-10-9-13-27(36)21-25/h6-13,21,23-24,28,36H,14-20,22H2,1-5H3,(H,33,37)/t24-,28-,32-/m0/s1. The summed E-state index contributed by atoms with van der Waals surface area (Å²) >= 11 is 0. The molecule has 0 aromatic heterocycles. The van der Waals surface area contributed by atoms with Crippen LogP contribution in [0, 0.1) is 11.8 Å². The van der Waals surface area contributed by atoms with Gasteiger partial charge in [0.15, 0.2) is 0 Å². The van der Waals surface area contributed by atoms with Gasteiger partial charge in [0.25, 0.3) is 0 Å². The van der Waals surface area contributed by atoms with Crippen LogP contribution >= 0.6 is 0 Å². The highest BCUT2D eigenvalue weighted by Gasteiger charge is 2.38. The Labute approximate surface area is 238 Å². The molecule has 0 aliphatic carbocycles. The molecule has 1 saturated heterocycles. The highest BCUT2D eigenvalue weighted by atomic mass is 16.5. The van der Waals surface area contributed by atoms with E-state index in [4.69, 9.17) is 4.74 Å². The molecule has 0 saturated carbocycles. The molecule has 0 spiro atoms. The minimum Gasteiger partial charge on any atom is -0.508 e. The number of rotatable bonds is 12. The average Bonchev–Trinajstić information content (AvgIpc) is 2.93. The van der Waals surface area contributed by atoms with Crippen molar-refractivity contribution in [1.82, 2.24) is 10.2 Å². The topological polar surface area (TPSA) is 99.2 Å². The van der Waals surface area contributed by atoms with Gasteiger partial charge in [-0.25, -0.2) is 4.79 Å². The number of carbonyl (C=O) groups excluding carboxylic acids is 3. The molecule has 2 N–H and O–H groups in total. The number of phenols is 1. The first-order valence-electron chi connectivity index (χ1n) is 14.3. The average molecular weight is 552 g/mol. The summed E-state index contributed by atoms with van der Waals surface area (Å²) < 4.78 is 4.83. The maximum absolute atomic E-state index is 13.4. The zero-order valence-corrected chi connectivity index (χ0v) is 24.6. The molecule has 40 heavy (non-hydrogen) atoms. The molecule has 2 amide bonds. The van der Waals surface area contributed by atoms with E-state index in [0.29, 0.717) is 31.2 Å². The van der Waals surface area contributed by atoms with Crippen LogP contribution in [0.5, 0.6) is 5.75 Å². The van der Waals surface area contributed by atoms with Crippen molar-refractivity contribution in [2.45, 2.75) is 64.8 Å². The van der Waals surface area contributed by atoms with E-state index in [1.165, 1.54) is 7.11 Å². The van der Waals surface area contributed by atoms with E-state index in [1.54, 1.807) is 11.0 Å². The molecule has 3 rings (SSSR count). The minimum absolute atomic E-state index is 0.00319. The van der Waals surface area contributed by atoms with Crippen LogP contribution in [-0.4, -0.2) is 67.1 Å². The second-order valence-corrected chi connectivity index (χ2v) is 11.6. The van der Waals surface area contributed by atoms with E-state index >= 15 is 0 Å². The summed E-state index contributed by atoms with van der Waals surface area (Å²) in [6.07, 6.45) is 1.47. The fourth-order valence-corrected chi connectivity index (χ4v) is 5.51. The molecular formula is C32H45N3O5. The molecule has 2 aromatic carbocycles. The lowest BCUT2D eigenvalue weighted by atomic mass is 9.68. The van der Waals surface area contributed by atoms with Gasteiger partial charge in [-0.15, -0.1) is 0 Å². The first-order chi connectivity index (χ1) is 19.0. The summed E-state index contributed by atoms with van der Waals surface area (Å²) in [7, 11) is 1.30. The van der Waals surface area contributed by atoms with Gasteiger partial charge in [0.2, 0.25) is 11.8 Å². The maximum atomic E-state index is 13.4. The summed E-state index contributed by atoms with van der Waals surface area (Å²) in [5, 5.41) is 12.7. The third-order valence-electron chi connectivity index (χ3n) is 8.18. The molecule has 218 valence electrons.